The molecule has 1 amide bonds. The lowest BCUT2D eigenvalue weighted by Crippen LogP contribution is -2.41. The van der Waals surface area contributed by atoms with Gasteiger partial charge < -0.3 is 9.64 Å². The molecule has 1 aromatic heterocycles. The van der Waals surface area contributed by atoms with Gasteiger partial charge in [0.1, 0.15) is 17.3 Å². The molecular weight excluding hydrogens is 410 g/mol. The molecule has 2 aromatic carbocycles. The number of nitrogens with zero attached hydrogens (tertiary/aromatic N) is 5. The van der Waals surface area contributed by atoms with E-state index < -0.39 is 4.92 Å². The molecule has 0 radical (unpaired) electrons. The van der Waals surface area contributed by atoms with Gasteiger partial charge in [0.2, 0.25) is 0 Å². The van der Waals surface area contributed by atoms with E-state index in [2.05, 4.69) is 5.10 Å². The normalized spacial score (nSPS) is 14.1. The van der Waals surface area contributed by atoms with Gasteiger partial charge >= 0.3 is 0 Å². The highest BCUT2D eigenvalue weighted by molar-refractivity contribution is 6.02. The first-order valence-electron chi connectivity index (χ1n) is 9.95. The van der Waals surface area contributed by atoms with Crippen molar-refractivity contribution in [1.29, 1.82) is 5.26 Å². The second-order valence-electron chi connectivity index (χ2n) is 7.09. The van der Waals surface area contributed by atoms with Crippen LogP contribution in [0.5, 0.6) is 0 Å². The first kappa shape index (κ1) is 21.0. The summed E-state index contributed by atoms with van der Waals surface area (Å²) in [7, 11) is 0. The number of ether oxygens (including phenoxy) is 1. The third kappa shape index (κ3) is 4.40. The van der Waals surface area contributed by atoms with Crippen molar-refractivity contribution in [1.82, 2.24) is 14.7 Å². The number of non-ortho nitro benzene ring substituents is 1. The topological polar surface area (TPSA) is 114 Å². The molecule has 160 valence electrons. The number of carbonyl (C=O) groups is 1. The van der Waals surface area contributed by atoms with Crippen LogP contribution in [0.4, 0.5) is 5.69 Å². The molecule has 1 saturated heterocycles. The fourth-order valence-electron chi connectivity index (χ4n) is 3.43. The van der Waals surface area contributed by atoms with E-state index in [9.17, 15) is 20.2 Å². The van der Waals surface area contributed by atoms with Crippen LogP contribution in [0.15, 0.2) is 66.4 Å². The van der Waals surface area contributed by atoms with E-state index >= 15 is 0 Å². The van der Waals surface area contributed by atoms with Crippen molar-refractivity contribution in [3.05, 3.63) is 82.0 Å². The summed E-state index contributed by atoms with van der Waals surface area (Å²) in [5.41, 5.74) is 2.11. The predicted octanol–water partition coefficient (Wildman–Crippen LogP) is 3.21. The molecule has 0 saturated carbocycles. The van der Waals surface area contributed by atoms with Crippen molar-refractivity contribution in [2.45, 2.75) is 0 Å². The zero-order valence-electron chi connectivity index (χ0n) is 17.0. The number of nitriles is 1. The van der Waals surface area contributed by atoms with Gasteiger partial charge in [0.15, 0.2) is 0 Å². The van der Waals surface area contributed by atoms with Crippen LogP contribution >= 0.6 is 0 Å². The minimum Gasteiger partial charge on any atom is -0.378 e. The fraction of sp³-hybridized carbons (Fsp3) is 0.174. The third-order valence-electron chi connectivity index (χ3n) is 5.04. The lowest BCUT2D eigenvalue weighted by atomic mass is 10.0. The van der Waals surface area contributed by atoms with Gasteiger partial charge in [-0.1, -0.05) is 30.3 Å². The molecule has 1 aliphatic rings. The Morgan fingerprint density at radius 1 is 1.16 bits per heavy atom. The Morgan fingerprint density at radius 3 is 2.59 bits per heavy atom. The van der Waals surface area contributed by atoms with Crippen molar-refractivity contribution in [3.8, 4) is 23.0 Å². The van der Waals surface area contributed by atoms with Gasteiger partial charge in [0, 0.05) is 42.5 Å². The van der Waals surface area contributed by atoms with Crippen LogP contribution in [0.25, 0.3) is 23.0 Å². The van der Waals surface area contributed by atoms with Gasteiger partial charge in [0.25, 0.3) is 11.6 Å². The van der Waals surface area contributed by atoms with Crippen molar-refractivity contribution < 1.29 is 14.5 Å². The molecular formula is C23H19N5O4. The number of nitro benzene ring substituents is 1. The number of morpholine rings is 1. The molecule has 1 fully saturated rings. The Labute approximate surface area is 183 Å². The van der Waals surface area contributed by atoms with Crippen LogP contribution in [0, 0.1) is 21.4 Å². The highest BCUT2D eigenvalue weighted by Crippen LogP contribution is 2.28. The molecule has 0 aliphatic carbocycles. The molecule has 32 heavy (non-hydrogen) atoms. The van der Waals surface area contributed by atoms with Crippen LogP contribution in [-0.2, 0) is 9.53 Å². The molecule has 0 bridgehead atoms. The van der Waals surface area contributed by atoms with Crippen molar-refractivity contribution in [3.63, 3.8) is 0 Å². The lowest BCUT2D eigenvalue weighted by molar-refractivity contribution is -0.384. The maximum Gasteiger partial charge on any atom is 0.270 e. The standard InChI is InChI=1S/C23H19N5O4/c24-15-18(23(29)26-9-11-32-12-10-26)13-19-16-27(20-6-2-1-3-7-20)25-22(19)17-5-4-8-21(14-17)28(30)31/h1-8,13-14,16H,9-12H2. The Bertz CT molecular complexity index is 1220. The summed E-state index contributed by atoms with van der Waals surface area (Å²) in [6.45, 7) is 1.68. The summed E-state index contributed by atoms with van der Waals surface area (Å²) in [5.74, 6) is -0.381. The zero-order chi connectivity index (χ0) is 22.5. The van der Waals surface area contributed by atoms with E-state index in [1.807, 2.05) is 36.4 Å². The summed E-state index contributed by atoms with van der Waals surface area (Å²) in [4.78, 5) is 25.2. The molecule has 0 spiro atoms. The minimum atomic E-state index is -0.476. The van der Waals surface area contributed by atoms with Gasteiger partial charge in [-0.05, 0) is 18.2 Å². The maximum atomic E-state index is 12.9. The average Bonchev–Trinajstić information content (AvgIpc) is 3.27. The SMILES string of the molecule is N#CC(=Cc1cn(-c2ccccc2)nc1-c1cccc([N+](=O)[O-])c1)C(=O)N1CCOCC1. The van der Waals surface area contributed by atoms with Crippen LogP contribution in [0.1, 0.15) is 5.56 Å². The number of hydrogen-bond acceptors (Lipinski definition) is 6. The van der Waals surface area contributed by atoms with Gasteiger partial charge in [-0.2, -0.15) is 10.4 Å². The van der Waals surface area contributed by atoms with E-state index in [4.69, 9.17) is 4.74 Å². The van der Waals surface area contributed by atoms with Gasteiger partial charge in [-0.15, -0.1) is 0 Å². The molecule has 2 heterocycles. The monoisotopic (exact) mass is 429 g/mol. The Balaban J connectivity index is 1.81. The number of rotatable bonds is 5. The van der Waals surface area contributed by atoms with Crippen molar-refractivity contribution in [2.75, 3.05) is 26.3 Å². The summed E-state index contributed by atoms with van der Waals surface area (Å²) < 4.78 is 6.90. The number of para-hydroxylation sites is 1. The second kappa shape index (κ2) is 9.24. The lowest BCUT2D eigenvalue weighted by Gasteiger charge is -2.26. The quantitative estimate of drug-likeness (QED) is 0.266. The summed E-state index contributed by atoms with van der Waals surface area (Å²) in [6.07, 6.45) is 3.19. The highest BCUT2D eigenvalue weighted by atomic mass is 16.6. The number of amides is 1. The van der Waals surface area contributed by atoms with E-state index in [-0.39, 0.29) is 17.2 Å². The van der Waals surface area contributed by atoms with Crippen LogP contribution in [-0.4, -0.2) is 51.8 Å². The Hall–Kier alpha value is -4.29. The summed E-state index contributed by atoms with van der Waals surface area (Å²) in [5, 5.41) is 25.5. The molecule has 9 nitrogen and oxygen atoms in total. The Morgan fingerprint density at radius 2 is 1.91 bits per heavy atom. The summed E-state index contributed by atoms with van der Waals surface area (Å²) in [6, 6.07) is 17.4. The number of benzene rings is 2. The van der Waals surface area contributed by atoms with Gasteiger partial charge in [0.05, 0.1) is 23.8 Å². The zero-order valence-corrected chi connectivity index (χ0v) is 17.0. The molecule has 0 unspecified atom stereocenters. The van der Waals surface area contributed by atoms with E-state index in [0.717, 1.165) is 5.69 Å². The molecule has 0 N–H and O–H groups in total. The van der Waals surface area contributed by atoms with E-state index in [1.54, 1.807) is 27.9 Å². The molecule has 9 heteroatoms. The summed E-state index contributed by atoms with van der Waals surface area (Å²) >= 11 is 0. The largest absolute Gasteiger partial charge is 0.378 e. The second-order valence-corrected chi connectivity index (χ2v) is 7.09. The predicted molar refractivity (Wildman–Crippen MR) is 117 cm³/mol. The first-order valence-corrected chi connectivity index (χ1v) is 9.95. The molecule has 4 rings (SSSR count). The smallest absolute Gasteiger partial charge is 0.270 e. The van der Waals surface area contributed by atoms with Gasteiger partial charge in [-0.25, -0.2) is 4.68 Å². The van der Waals surface area contributed by atoms with E-state index in [0.29, 0.717) is 43.1 Å². The number of hydrogen-bond donors (Lipinski definition) is 0. The minimum absolute atomic E-state index is 0.0359. The fourth-order valence-corrected chi connectivity index (χ4v) is 3.43. The molecule has 0 atom stereocenters. The molecule has 1 aliphatic heterocycles. The van der Waals surface area contributed by atoms with Crippen LogP contribution in [0.3, 0.4) is 0 Å². The average molecular weight is 429 g/mol. The van der Waals surface area contributed by atoms with Crippen molar-refractivity contribution >= 4 is 17.7 Å². The Kier molecular flexibility index (Phi) is 6.05. The van der Waals surface area contributed by atoms with Crippen LogP contribution < -0.4 is 0 Å². The number of nitro groups is 1. The third-order valence-corrected chi connectivity index (χ3v) is 5.04. The van der Waals surface area contributed by atoms with Crippen molar-refractivity contribution in [2.24, 2.45) is 0 Å². The molecule has 3 aromatic rings. The number of aromatic nitrogens is 2. The maximum absolute atomic E-state index is 12.9. The van der Waals surface area contributed by atoms with Crippen LogP contribution in [0.2, 0.25) is 0 Å². The number of carbonyl (C=O) groups excluding carboxylic acids is 1. The van der Waals surface area contributed by atoms with Gasteiger partial charge in [-0.3, -0.25) is 14.9 Å². The highest BCUT2D eigenvalue weighted by Gasteiger charge is 2.22. The first-order chi connectivity index (χ1) is 15.6. The van der Waals surface area contributed by atoms with E-state index in [1.165, 1.54) is 18.2 Å².